The van der Waals surface area contributed by atoms with Crippen molar-refractivity contribution in [2.75, 3.05) is 13.7 Å². The molecule has 0 heterocycles. The van der Waals surface area contributed by atoms with E-state index in [1.54, 1.807) is 7.11 Å². The number of hydrogen-bond donors (Lipinski definition) is 1. The van der Waals surface area contributed by atoms with Crippen molar-refractivity contribution in [3.8, 4) is 5.75 Å². The second kappa shape index (κ2) is 6.28. The molecule has 0 aliphatic rings. The van der Waals surface area contributed by atoms with Gasteiger partial charge in [0.05, 0.1) is 7.11 Å². The quantitative estimate of drug-likeness (QED) is 0.796. The van der Waals surface area contributed by atoms with Crippen LogP contribution in [0.5, 0.6) is 5.75 Å². The van der Waals surface area contributed by atoms with E-state index in [4.69, 9.17) is 10.5 Å². The number of aryl methyl sites for hydroxylation is 1. The minimum absolute atomic E-state index is 0.0294. The molecule has 0 aliphatic carbocycles. The Hall–Kier alpha value is -1.35. The van der Waals surface area contributed by atoms with Crippen LogP contribution in [-0.2, 0) is 11.2 Å². The van der Waals surface area contributed by atoms with Crippen molar-refractivity contribution in [2.45, 2.75) is 19.8 Å². The van der Waals surface area contributed by atoms with E-state index in [9.17, 15) is 4.79 Å². The predicted octanol–water partition coefficient (Wildman–Crippen LogP) is 1.79. The van der Waals surface area contributed by atoms with Crippen LogP contribution in [0.25, 0.3) is 0 Å². The lowest BCUT2D eigenvalue weighted by Gasteiger charge is -2.07. The van der Waals surface area contributed by atoms with Crippen LogP contribution in [0.2, 0.25) is 0 Å². The van der Waals surface area contributed by atoms with E-state index in [0.717, 1.165) is 17.7 Å². The molecule has 1 rings (SSSR count). The number of Topliss-reactive ketones (excluding diaryl/α,β-unsaturated/α-hetero) is 1. The van der Waals surface area contributed by atoms with E-state index in [-0.39, 0.29) is 11.7 Å². The Morgan fingerprint density at radius 3 is 2.50 bits per heavy atom. The lowest BCUT2D eigenvalue weighted by atomic mass is 10.00. The third kappa shape index (κ3) is 3.66. The van der Waals surface area contributed by atoms with Crippen LogP contribution in [0.3, 0.4) is 0 Å². The average molecular weight is 221 g/mol. The van der Waals surface area contributed by atoms with Crippen LogP contribution in [0.1, 0.15) is 18.9 Å². The van der Waals surface area contributed by atoms with Crippen molar-refractivity contribution in [1.82, 2.24) is 0 Å². The minimum atomic E-state index is -0.0294. The van der Waals surface area contributed by atoms with Crippen molar-refractivity contribution in [3.63, 3.8) is 0 Å². The van der Waals surface area contributed by atoms with E-state index in [1.807, 2.05) is 31.2 Å². The number of benzene rings is 1. The Morgan fingerprint density at radius 2 is 2.00 bits per heavy atom. The van der Waals surface area contributed by atoms with Crippen molar-refractivity contribution in [3.05, 3.63) is 29.8 Å². The van der Waals surface area contributed by atoms with Crippen LogP contribution in [0.4, 0.5) is 0 Å². The molecule has 0 amide bonds. The summed E-state index contributed by atoms with van der Waals surface area (Å²) >= 11 is 0. The molecule has 0 radical (unpaired) electrons. The molecule has 1 atom stereocenters. The summed E-state index contributed by atoms with van der Waals surface area (Å²) in [6.45, 7) is 2.30. The molecule has 0 fully saturated rings. The van der Waals surface area contributed by atoms with Crippen molar-refractivity contribution in [1.29, 1.82) is 0 Å². The van der Waals surface area contributed by atoms with Crippen LogP contribution in [0.15, 0.2) is 24.3 Å². The first-order valence-electron chi connectivity index (χ1n) is 5.53. The summed E-state index contributed by atoms with van der Waals surface area (Å²) < 4.78 is 5.07. The molecule has 2 N–H and O–H groups in total. The second-order valence-corrected chi connectivity index (χ2v) is 3.95. The fourth-order valence-electron chi connectivity index (χ4n) is 1.44. The summed E-state index contributed by atoms with van der Waals surface area (Å²) in [7, 11) is 1.64. The van der Waals surface area contributed by atoms with Gasteiger partial charge in [0.25, 0.3) is 0 Å². The molecule has 1 unspecified atom stereocenters. The lowest BCUT2D eigenvalue weighted by molar-refractivity contribution is -0.122. The number of rotatable bonds is 6. The largest absolute Gasteiger partial charge is 0.497 e. The Bertz CT molecular complexity index is 332. The molecule has 0 aliphatic heterocycles. The fourth-order valence-corrected chi connectivity index (χ4v) is 1.44. The number of carbonyl (C=O) groups excluding carboxylic acids is 1. The van der Waals surface area contributed by atoms with Crippen LogP contribution in [-0.4, -0.2) is 19.4 Å². The highest BCUT2D eigenvalue weighted by atomic mass is 16.5. The Balaban J connectivity index is 2.45. The number of nitrogens with two attached hydrogens (primary N) is 1. The van der Waals surface area contributed by atoms with Crippen LogP contribution >= 0.6 is 0 Å². The maximum absolute atomic E-state index is 11.6. The summed E-state index contributed by atoms with van der Waals surface area (Å²) in [5.41, 5.74) is 6.59. The molecule has 1 aromatic rings. The predicted molar refractivity (Wildman–Crippen MR) is 64.5 cm³/mol. The van der Waals surface area contributed by atoms with Gasteiger partial charge < -0.3 is 10.5 Å². The maximum atomic E-state index is 11.6. The van der Waals surface area contributed by atoms with Gasteiger partial charge in [-0.3, -0.25) is 4.79 Å². The average Bonchev–Trinajstić information content (AvgIpc) is 2.35. The summed E-state index contributed by atoms with van der Waals surface area (Å²) in [4.78, 5) is 11.6. The number of carbonyl (C=O) groups is 1. The molecule has 0 spiro atoms. The zero-order valence-corrected chi connectivity index (χ0v) is 9.90. The molecular formula is C13H19NO2. The van der Waals surface area contributed by atoms with Gasteiger partial charge in [-0.15, -0.1) is 0 Å². The molecule has 0 aromatic heterocycles. The van der Waals surface area contributed by atoms with Crippen molar-refractivity contribution < 1.29 is 9.53 Å². The molecule has 1 aromatic carbocycles. The summed E-state index contributed by atoms with van der Waals surface area (Å²) in [5, 5.41) is 0. The van der Waals surface area contributed by atoms with Gasteiger partial charge >= 0.3 is 0 Å². The zero-order chi connectivity index (χ0) is 12.0. The topological polar surface area (TPSA) is 52.3 Å². The number of hydrogen-bond acceptors (Lipinski definition) is 3. The monoisotopic (exact) mass is 221 g/mol. The van der Waals surface area contributed by atoms with E-state index in [0.29, 0.717) is 13.0 Å². The van der Waals surface area contributed by atoms with Crippen LogP contribution < -0.4 is 10.5 Å². The number of ether oxygens (including phenoxy) is 1. The second-order valence-electron chi connectivity index (χ2n) is 3.95. The molecule has 88 valence electrons. The molecule has 3 heteroatoms. The van der Waals surface area contributed by atoms with Gasteiger partial charge in [0, 0.05) is 18.9 Å². The highest BCUT2D eigenvalue weighted by molar-refractivity contribution is 5.81. The SMILES string of the molecule is COc1ccc(CCC(=O)C(C)CN)cc1. The standard InChI is InChI=1S/C13H19NO2/c1-10(9-14)13(15)8-5-11-3-6-12(16-2)7-4-11/h3-4,6-7,10H,5,8-9,14H2,1-2H3. The first-order valence-corrected chi connectivity index (χ1v) is 5.53. The first-order chi connectivity index (χ1) is 7.67. The summed E-state index contributed by atoms with van der Waals surface area (Å²) in [5.74, 6) is 1.04. The van der Waals surface area contributed by atoms with Gasteiger partial charge in [0.15, 0.2) is 0 Å². The fraction of sp³-hybridized carbons (Fsp3) is 0.462. The zero-order valence-electron chi connectivity index (χ0n) is 9.90. The lowest BCUT2D eigenvalue weighted by Crippen LogP contribution is -2.20. The van der Waals surface area contributed by atoms with E-state index >= 15 is 0 Å². The maximum Gasteiger partial charge on any atom is 0.137 e. The molecule has 0 saturated carbocycles. The smallest absolute Gasteiger partial charge is 0.137 e. The van der Waals surface area contributed by atoms with E-state index in [2.05, 4.69) is 0 Å². The third-order valence-corrected chi connectivity index (χ3v) is 2.72. The van der Waals surface area contributed by atoms with E-state index in [1.165, 1.54) is 0 Å². The highest BCUT2D eigenvalue weighted by Gasteiger charge is 2.10. The molecule has 0 bridgehead atoms. The van der Waals surface area contributed by atoms with Gasteiger partial charge in [-0.25, -0.2) is 0 Å². The third-order valence-electron chi connectivity index (χ3n) is 2.72. The van der Waals surface area contributed by atoms with Crippen molar-refractivity contribution >= 4 is 5.78 Å². The van der Waals surface area contributed by atoms with Gasteiger partial charge in [-0.05, 0) is 24.1 Å². The first kappa shape index (κ1) is 12.7. The molecule has 0 saturated heterocycles. The van der Waals surface area contributed by atoms with Crippen molar-refractivity contribution in [2.24, 2.45) is 11.7 Å². The Morgan fingerprint density at radius 1 is 1.38 bits per heavy atom. The van der Waals surface area contributed by atoms with Gasteiger partial charge in [-0.2, -0.15) is 0 Å². The highest BCUT2D eigenvalue weighted by Crippen LogP contribution is 2.13. The molecular weight excluding hydrogens is 202 g/mol. The molecule has 3 nitrogen and oxygen atoms in total. The minimum Gasteiger partial charge on any atom is -0.497 e. The van der Waals surface area contributed by atoms with Gasteiger partial charge in [-0.1, -0.05) is 19.1 Å². The molecule has 16 heavy (non-hydrogen) atoms. The summed E-state index contributed by atoms with van der Waals surface area (Å²) in [6, 6.07) is 7.79. The summed E-state index contributed by atoms with van der Waals surface area (Å²) in [6.07, 6.45) is 1.33. The Labute approximate surface area is 96.6 Å². The normalized spacial score (nSPS) is 12.2. The van der Waals surface area contributed by atoms with Gasteiger partial charge in [0.2, 0.25) is 0 Å². The number of ketones is 1. The van der Waals surface area contributed by atoms with E-state index < -0.39 is 0 Å². The van der Waals surface area contributed by atoms with Crippen LogP contribution in [0, 0.1) is 5.92 Å². The Kier molecular flexibility index (Phi) is 4.99. The van der Waals surface area contributed by atoms with Gasteiger partial charge in [0.1, 0.15) is 11.5 Å². The number of methoxy groups -OCH3 is 1.